The molecule has 0 amide bonds. The van der Waals surface area contributed by atoms with Gasteiger partial charge in [-0.15, -0.1) is 24.0 Å². The van der Waals surface area contributed by atoms with Gasteiger partial charge in [-0.2, -0.15) is 0 Å². The third kappa shape index (κ3) is 4.44. The Kier molecular flexibility index (Phi) is 5.97. The number of aromatic amines is 1. The van der Waals surface area contributed by atoms with Crippen LogP contribution < -0.4 is 11.1 Å². The lowest BCUT2D eigenvalue weighted by Gasteiger charge is -2.04. The molecular formula is C17H18FIN4. The van der Waals surface area contributed by atoms with E-state index in [4.69, 9.17) is 5.73 Å². The fourth-order valence-electron chi connectivity index (χ4n) is 2.37. The first-order chi connectivity index (χ1) is 10.7. The molecule has 0 bridgehead atoms. The molecule has 0 aliphatic rings. The molecule has 3 rings (SSSR count). The molecule has 1 aromatic heterocycles. The molecule has 0 aliphatic heterocycles. The van der Waals surface area contributed by atoms with Crippen LogP contribution in [-0.4, -0.2) is 17.5 Å². The first-order valence-electron chi connectivity index (χ1n) is 7.10. The SMILES string of the molecule is I.NC(=NCCc1c[nH]c2cc(F)ccc12)Nc1ccccc1. The van der Waals surface area contributed by atoms with Crippen molar-refractivity contribution in [3.63, 3.8) is 0 Å². The minimum atomic E-state index is -0.241. The number of para-hydroxylation sites is 1. The van der Waals surface area contributed by atoms with E-state index in [9.17, 15) is 4.39 Å². The summed E-state index contributed by atoms with van der Waals surface area (Å²) >= 11 is 0. The van der Waals surface area contributed by atoms with E-state index in [-0.39, 0.29) is 29.8 Å². The lowest BCUT2D eigenvalue weighted by molar-refractivity contribution is 0.629. The smallest absolute Gasteiger partial charge is 0.193 e. The normalized spacial score (nSPS) is 11.3. The van der Waals surface area contributed by atoms with Gasteiger partial charge in [-0.3, -0.25) is 4.99 Å². The summed E-state index contributed by atoms with van der Waals surface area (Å²) in [5, 5.41) is 4.06. The zero-order chi connectivity index (χ0) is 15.4. The van der Waals surface area contributed by atoms with Gasteiger partial charge in [0.15, 0.2) is 5.96 Å². The average molecular weight is 424 g/mol. The van der Waals surface area contributed by atoms with Crippen LogP contribution in [0.3, 0.4) is 0 Å². The topological polar surface area (TPSA) is 66.2 Å². The van der Waals surface area contributed by atoms with Gasteiger partial charge in [-0.05, 0) is 42.3 Å². The van der Waals surface area contributed by atoms with E-state index in [1.165, 1.54) is 12.1 Å². The van der Waals surface area contributed by atoms with Crippen LogP contribution in [0.1, 0.15) is 5.56 Å². The van der Waals surface area contributed by atoms with Crippen molar-refractivity contribution in [2.24, 2.45) is 10.7 Å². The van der Waals surface area contributed by atoms with Gasteiger partial charge in [-0.25, -0.2) is 4.39 Å². The number of nitrogens with one attached hydrogen (secondary N) is 2. The maximum Gasteiger partial charge on any atom is 0.193 e. The summed E-state index contributed by atoms with van der Waals surface area (Å²) < 4.78 is 13.1. The van der Waals surface area contributed by atoms with Crippen LogP contribution in [0.2, 0.25) is 0 Å². The number of nitrogens with zero attached hydrogens (tertiary/aromatic N) is 1. The number of fused-ring (bicyclic) bond motifs is 1. The number of nitrogens with two attached hydrogens (primary N) is 1. The van der Waals surface area contributed by atoms with Crippen molar-refractivity contribution in [2.75, 3.05) is 11.9 Å². The molecule has 0 atom stereocenters. The lowest BCUT2D eigenvalue weighted by Crippen LogP contribution is -2.22. The molecule has 0 fully saturated rings. The van der Waals surface area contributed by atoms with Gasteiger partial charge in [0, 0.05) is 29.3 Å². The van der Waals surface area contributed by atoms with Crippen molar-refractivity contribution >= 4 is 46.5 Å². The molecule has 3 aromatic rings. The second kappa shape index (κ2) is 7.96. The highest BCUT2D eigenvalue weighted by Gasteiger charge is 2.04. The van der Waals surface area contributed by atoms with Crippen LogP contribution in [0.4, 0.5) is 10.1 Å². The van der Waals surface area contributed by atoms with Gasteiger partial charge in [0.2, 0.25) is 0 Å². The molecule has 0 unspecified atom stereocenters. The van der Waals surface area contributed by atoms with Crippen molar-refractivity contribution < 1.29 is 4.39 Å². The Labute approximate surface area is 151 Å². The number of aromatic nitrogens is 1. The Balaban J connectivity index is 0.00000192. The summed E-state index contributed by atoms with van der Waals surface area (Å²) in [5.74, 6) is 0.146. The molecule has 0 saturated carbocycles. The summed E-state index contributed by atoms with van der Waals surface area (Å²) in [6.45, 7) is 0.565. The van der Waals surface area contributed by atoms with Crippen LogP contribution in [0, 0.1) is 5.82 Å². The summed E-state index contributed by atoms with van der Waals surface area (Å²) in [4.78, 5) is 7.39. The van der Waals surface area contributed by atoms with Crippen LogP contribution in [-0.2, 0) is 6.42 Å². The molecule has 0 aliphatic carbocycles. The largest absolute Gasteiger partial charge is 0.370 e. The zero-order valence-corrected chi connectivity index (χ0v) is 14.8. The van der Waals surface area contributed by atoms with Crippen LogP contribution in [0.5, 0.6) is 0 Å². The Morgan fingerprint density at radius 1 is 1.17 bits per heavy atom. The van der Waals surface area contributed by atoms with Gasteiger partial charge in [0.05, 0.1) is 0 Å². The minimum absolute atomic E-state index is 0. The Morgan fingerprint density at radius 2 is 1.96 bits per heavy atom. The molecule has 120 valence electrons. The lowest BCUT2D eigenvalue weighted by atomic mass is 10.1. The van der Waals surface area contributed by atoms with Gasteiger partial charge in [0.1, 0.15) is 5.82 Å². The highest BCUT2D eigenvalue weighted by atomic mass is 127. The maximum absolute atomic E-state index is 13.1. The van der Waals surface area contributed by atoms with E-state index in [1.54, 1.807) is 6.07 Å². The number of benzene rings is 2. The molecule has 0 saturated heterocycles. The monoisotopic (exact) mass is 424 g/mol. The number of hydrogen-bond acceptors (Lipinski definition) is 1. The third-order valence-corrected chi connectivity index (χ3v) is 3.44. The molecule has 1 heterocycles. The number of halogens is 2. The fraction of sp³-hybridized carbons (Fsp3) is 0.118. The van der Waals surface area contributed by atoms with Crippen molar-refractivity contribution in [1.29, 1.82) is 0 Å². The van der Waals surface area contributed by atoms with Gasteiger partial charge in [0.25, 0.3) is 0 Å². The molecule has 2 aromatic carbocycles. The van der Waals surface area contributed by atoms with Crippen molar-refractivity contribution in [3.8, 4) is 0 Å². The van der Waals surface area contributed by atoms with Crippen LogP contribution in [0.15, 0.2) is 59.7 Å². The highest BCUT2D eigenvalue weighted by molar-refractivity contribution is 14.0. The summed E-state index contributed by atoms with van der Waals surface area (Å²) in [7, 11) is 0. The number of rotatable bonds is 4. The zero-order valence-electron chi connectivity index (χ0n) is 12.4. The number of guanidine groups is 1. The third-order valence-electron chi connectivity index (χ3n) is 3.44. The Hall–Kier alpha value is -2.09. The molecule has 4 nitrogen and oxygen atoms in total. The number of aliphatic imine (C=N–C) groups is 1. The number of hydrogen-bond donors (Lipinski definition) is 3. The highest BCUT2D eigenvalue weighted by Crippen LogP contribution is 2.19. The summed E-state index contributed by atoms with van der Waals surface area (Å²) in [5.41, 5.74) is 8.67. The van der Waals surface area contributed by atoms with E-state index in [0.29, 0.717) is 12.5 Å². The Morgan fingerprint density at radius 3 is 2.74 bits per heavy atom. The predicted octanol–water partition coefficient (Wildman–Crippen LogP) is 3.89. The molecule has 0 spiro atoms. The second-order valence-electron chi connectivity index (χ2n) is 5.01. The van der Waals surface area contributed by atoms with Gasteiger partial charge >= 0.3 is 0 Å². The Bertz CT molecular complexity index is 799. The van der Waals surface area contributed by atoms with Crippen molar-refractivity contribution in [2.45, 2.75) is 6.42 Å². The molecule has 23 heavy (non-hydrogen) atoms. The van der Waals surface area contributed by atoms with Gasteiger partial charge in [-0.1, -0.05) is 18.2 Å². The van der Waals surface area contributed by atoms with E-state index in [2.05, 4.69) is 15.3 Å². The minimum Gasteiger partial charge on any atom is -0.370 e. The van der Waals surface area contributed by atoms with Crippen LogP contribution in [0.25, 0.3) is 10.9 Å². The van der Waals surface area contributed by atoms with E-state index in [1.807, 2.05) is 36.5 Å². The molecular weight excluding hydrogens is 406 g/mol. The average Bonchev–Trinajstić information content (AvgIpc) is 2.90. The van der Waals surface area contributed by atoms with Crippen molar-refractivity contribution in [3.05, 3.63) is 66.1 Å². The maximum atomic E-state index is 13.1. The van der Waals surface area contributed by atoms with Crippen LogP contribution >= 0.6 is 24.0 Å². The summed E-state index contributed by atoms with van der Waals surface area (Å²) in [6.07, 6.45) is 2.63. The second-order valence-corrected chi connectivity index (χ2v) is 5.01. The quantitative estimate of drug-likeness (QED) is 0.338. The number of anilines is 1. The van der Waals surface area contributed by atoms with E-state index >= 15 is 0 Å². The fourth-order valence-corrected chi connectivity index (χ4v) is 2.37. The molecule has 4 N–H and O–H groups in total. The first-order valence-corrected chi connectivity index (χ1v) is 7.10. The van der Waals surface area contributed by atoms with E-state index < -0.39 is 0 Å². The van der Waals surface area contributed by atoms with Gasteiger partial charge < -0.3 is 16.0 Å². The predicted molar refractivity (Wildman–Crippen MR) is 104 cm³/mol. The van der Waals surface area contributed by atoms with Crippen molar-refractivity contribution in [1.82, 2.24) is 4.98 Å². The van der Waals surface area contributed by atoms with E-state index in [0.717, 1.165) is 28.6 Å². The standard InChI is InChI=1S/C17H17FN4.HI/c18-13-6-7-15-12(11-21-16(15)10-13)8-9-20-17(19)22-14-4-2-1-3-5-14;/h1-7,10-11,21H,8-9H2,(H3,19,20,22);1H. The number of H-pyrrole nitrogens is 1. The molecule has 6 heteroatoms. The first kappa shape index (κ1) is 17.3. The molecule has 0 radical (unpaired) electrons. The summed E-state index contributed by atoms with van der Waals surface area (Å²) in [6, 6.07) is 14.4.